The van der Waals surface area contributed by atoms with Gasteiger partial charge in [0.25, 0.3) is 0 Å². The lowest BCUT2D eigenvalue weighted by molar-refractivity contribution is 0.0787. The van der Waals surface area contributed by atoms with Gasteiger partial charge < -0.3 is 20.1 Å². The highest BCUT2D eigenvalue weighted by atomic mass is 16.5. The van der Waals surface area contributed by atoms with Crippen LogP contribution in [0, 0.1) is 0 Å². The number of urea groups is 1. The number of hydrogen-bond acceptors (Lipinski definition) is 3. The van der Waals surface area contributed by atoms with Crippen LogP contribution in [0.2, 0.25) is 0 Å². The first-order chi connectivity index (χ1) is 15.7. The normalized spacial score (nSPS) is 16.4. The fourth-order valence-electron chi connectivity index (χ4n) is 4.13. The zero-order valence-corrected chi connectivity index (χ0v) is 18.2. The molecule has 5 heteroatoms. The van der Waals surface area contributed by atoms with Crippen LogP contribution >= 0.6 is 0 Å². The lowest BCUT2D eigenvalue weighted by Crippen LogP contribution is -2.45. The van der Waals surface area contributed by atoms with Gasteiger partial charge in [0.05, 0.1) is 18.7 Å². The van der Waals surface area contributed by atoms with Crippen LogP contribution in [0.25, 0.3) is 0 Å². The molecule has 1 aliphatic heterocycles. The third kappa shape index (κ3) is 5.89. The molecule has 0 spiro atoms. The standard InChI is InChI=1S/C27H30N2O3/c30-26-16-8-7-14-23(26)19-29(20-24-15-9-17-32-24)27(31)28-25(22-12-5-2-6-13-22)18-21-10-3-1-4-11-21/h1-8,10-14,16,24-25,30H,9,15,17-20H2,(H,28,31). The second-order valence-corrected chi connectivity index (χ2v) is 8.25. The van der Waals surface area contributed by atoms with Crippen molar-refractivity contribution in [2.75, 3.05) is 13.2 Å². The zero-order chi connectivity index (χ0) is 22.2. The topological polar surface area (TPSA) is 61.8 Å². The van der Waals surface area contributed by atoms with Crippen molar-refractivity contribution in [1.82, 2.24) is 10.2 Å². The Bertz CT molecular complexity index is 988. The number of phenolic OH excluding ortho intramolecular Hbond substituents is 1. The zero-order valence-electron chi connectivity index (χ0n) is 18.2. The van der Waals surface area contributed by atoms with E-state index in [0.29, 0.717) is 19.5 Å². The molecule has 1 heterocycles. The lowest BCUT2D eigenvalue weighted by atomic mass is 9.99. The number of aromatic hydroxyl groups is 1. The number of rotatable bonds is 8. The molecule has 2 amide bonds. The number of phenols is 1. The first-order valence-electron chi connectivity index (χ1n) is 11.2. The van der Waals surface area contributed by atoms with E-state index in [4.69, 9.17) is 4.74 Å². The maximum Gasteiger partial charge on any atom is 0.318 e. The molecule has 1 fully saturated rings. The van der Waals surface area contributed by atoms with E-state index >= 15 is 0 Å². The first kappa shape index (κ1) is 21.9. The van der Waals surface area contributed by atoms with E-state index in [0.717, 1.165) is 36.1 Å². The minimum Gasteiger partial charge on any atom is -0.508 e. The van der Waals surface area contributed by atoms with Gasteiger partial charge in [0.2, 0.25) is 0 Å². The maximum absolute atomic E-state index is 13.5. The van der Waals surface area contributed by atoms with Crippen molar-refractivity contribution in [2.24, 2.45) is 0 Å². The number of carbonyl (C=O) groups excluding carboxylic acids is 1. The van der Waals surface area contributed by atoms with Crippen molar-refractivity contribution in [3.05, 3.63) is 102 Å². The van der Waals surface area contributed by atoms with E-state index in [1.165, 1.54) is 0 Å². The first-order valence-corrected chi connectivity index (χ1v) is 11.2. The lowest BCUT2D eigenvalue weighted by Gasteiger charge is -2.29. The van der Waals surface area contributed by atoms with Gasteiger partial charge in [-0.25, -0.2) is 4.79 Å². The van der Waals surface area contributed by atoms with E-state index in [-0.39, 0.29) is 23.9 Å². The number of benzene rings is 3. The Morgan fingerprint density at radius 2 is 1.69 bits per heavy atom. The molecule has 3 aromatic carbocycles. The highest BCUT2D eigenvalue weighted by Gasteiger charge is 2.25. The predicted octanol–water partition coefficient (Wildman–Crippen LogP) is 5.07. The van der Waals surface area contributed by atoms with Crippen LogP contribution in [0.5, 0.6) is 5.75 Å². The van der Waals surface area contributed by atoms with Crippen LogP contribution in [0.15, 0.2) is 84.9 Å². The molecule has 5 nitrogen and oxygen atoms in total. The van der Waals surface area contributed by atoms with E-state index in [1.54, 1.807) is 17.0 Å². The number of carbonyl (C=O) groups is 1. The van der Waals surface area contributed by atoms with Gasteiger partial charge in [-0.2, -0.15) is 0 Å². The van der Waals surface area contributed by atoms with Gasteiger partial charge >= 0.3 is 6.03 Å². The van der Waals surface area contributed by atoms with Crippen LogP contribution < -0.4 is 5.32 Å². The number of hydrogen-bond donors (Lipinski definition) is 2. The highest BCUT2D eigenvalue weighted by molar-refractivity contribution is 5.75. The second kappa shape index (κ2) is 10.8. The van der Waals surface area contributed by atoms with Gasteiger partial charge in [0.1, 0.15) is 5.75 Å². The van der Waals surface area contributed by atoms with Crippen molar-refractivity contribution in [2.45, 2.75) is 38.0 Å². The third-order valence-electron chi connectivity index (χ3n) is 5.87. The molecule has 0 aliphatic carbocycles. The molecule has 4 rings (SSSR count). The summed E-state index contributed by atoms with van der Waals surface area (Å²) < 4.78 is 5.80. The molecule has 0 bridgehead atoms. The molecule has 0 radical (unpaired) electrons. The summed E-state index contributed by atoms with van der Waals surface area (Å²) in [7, 11) is 0. The summed E-state index contributed by atoms with van der Waals surface area (Å²) in [5.74, 6) is 0.196. The summed E-state index contributed by atoms with van der Waals surface area (Å²) in [6.07, 6.45) is 2.67. The summed E-state index contributed by atoms with van der Waals surface area (Å²) in [5, 5.41) is 13.5. The Hall–Kier alpha value is -3.31. The minimum absolute atomic E-state index is 0.0240. The van der Waals surface area contributed by atoms with E-state index in [9.17, 15) is 9.90 Å². The molecule has 32 heavy (non-hydrogen) atoms. The molecule has 166 valence electrons. The number of ether oxygens (including phenoxy) is 1. The van der Waals surface area contributed by atoms with Gasteiger partial charge in [-0.05, 0) is 36.5 Å². The Morgan fingerprint density at radius 1 is 1.00 bits per heavy atom. The highest BCUT2D eigenvalue weighted by Crippen LogP contribution is 2.23. The van der Waals surface area contributed by atoms with Crippen LogP contribution in [-0.4, -0.2) is 35.3 Å². The molecule has 0 saturated carbocycles. The van der Waals surface area contributed by atoms with Gasteiger partial charge in [-0.15, -0.1) is 0 Å². The Labute approximate surface area is 189 Å². The smallest absolute Gasteiger partial charge is 0.318 e. The van der Waals surface area contributed by atoms with Crippen molar-refractivity contribution < 1.29 is 14.6 Å². The van der Waals surface area contributed by atoms with E-state index < -0.39 is 0 Å². The van der Waals surface area contributed by atoms with E-state index in [2.05, 4.69) is 17.4 Å². The molecule has 1 saturated heterocycles. The Morgan fingerprint density at radius 3 is 2.38 bits per heavy atom. The summed E-state index contributed by atoms with van der Waals surface area (Å²) in [5.41, 5.74) is 2.94. The minimum atomic E-state index is -0.164. The summed E-state index contributed by atoms with van der Waals surface area (Å²) >= 11 is 0. The van der Waals surface area contributed by atoms with Gasteiger partial charge in [-0.1, -0.05) is 78.9 Å². The number of amides is 2. The van der Waals surface area contributed by atoms with Crippen molar-refractivity contribution in [3.63, 3.8) is 0 Å². The van der Waals surface area contributed by atoms with Crippen molar-refractivity contribution in [1.29, 1.82) is 0 Å². The monoisotopic (exact) mass is 430 g/mol. The maximum atomic E-state index is 13.5. The third-order valence-corrected chi connectivity index (χ3v) is 5.87. The molecule has 0 aromatic heterocycles. The average Bonchev–Trinajstić information content (AvgIpc) is 3.34. The molecule has 3 aromatic rings. The van der Waals surface area contributed by atoms with E-state index in [1.807, 2.05) is 60.7 Å². The largest absolute Gasteiger partial charge is 0.508 e. The SMILES string of the molecule is O=C(NC(Cc1ccccc1)c1ccccc1)N(Cc1ccccc1O)CC1CCCO1. The van der Waals surface area contributed by atoms with Crippen molar-refractivity contribution >= 4 is 6.03 Å². The summed E-state index contributed by atoms with van der Waals surface area (Å²) in [6.45, 7) is 1.55. The average molecular weight is 431 g/mol. The molecular weight excluding hydrogens is 400 g/mol. The Kier molecular flexibility index (Phi) is 7.41. The predicted molar refractivity (Wildman–Crippen MR) is 125 cm³/mol. The number of nitrogens with zero attached hydrogens (tertiary/aromatic N) is 1. The molecule has 2 atom stereocenters. The molecule has 2 N–H and O–H groups in total. The van der Waals surface area contributed by atoms with Gasteiger partial charge in [0, 0.05) is 18.7 Å². The second-order valence-electron chi connectivity index (χ2n) is 8.25. The number of para-hydroxylation sites is 1. The molecule has 2 unspecified atom stereocenters. The van der Waals surface area contributed by atoms with Crippen molar-refractivity contribution in [3.8, 4) is 5.75 Å². The van der Waals surface area contributed by atoms with Crippen LogP contribution in [-0.2, 0) is 17.7 Å². The van der Waals surface area contributed by atoms with Gasteiger partial charge in [0.15, 0.2) is 0 Å². The van der Waals surface area contributed by atoms with Crippen LogP contribution in [0.4, 0.5) is 4.79 Å². The van der Waals surface area contributed by atoms with Gasteiger partial charge in [-0.3, -0.25) is 0 Å². The van der Waals surface area contributed by atoms with Crippen LogP contribution in [0.1, 0.15) is 35.6 Å². The summed E-state index contributed by atoms with van der Waals surface area (Å²) in [4.78, 5) is 15.3. The fourth-order valence-corrected chi connectivity index (χ4v) is 4.13. The molecular formula is C27H30N2O3. The molecule has 1 aliphatic rings. The summed E-state index contributed by atoms with van der Waals surface area (Å²) in [6, 6.07) is 27.1. The Balaban J connectivity index is 1.54. The van der Waals surface area contributed by atoms with Crippen LogP contribution in [0.3, 0.4) is 0 Å². The fraction of sp³-hybridized carbons (Fsp3) is 0.296. The number of nitrogens with one attached hydrogen (secondary N) is 1. The quantitative estimate of drug-likeness (QED) is 0.525.